The number of benzene rings is 2. The molecule has 0 aliphatic carbocycles. The quantitative estimate of drug-likeness (QED) is 0.228. The second kappa shape index (κ2) is 21.5. The molecule has 27 heteroatoms. The van der Waals surface area contributed by atoms with Gasteiger partial charge in [-0.3, -0.25) is 9.80 Å². The number of morpholine rings is 1. The van der Waals surface area contributed by atoms with Gasteiger partial charge in [0.05, 0.1) is 18.8 Å². The lowest BCUT2D eigenvalue weighted by molar-refractivity contribution is -0.309. The van der Waals surface area contributed by atoms with Crippen molar-refractivity contribution < 1.29 is 89.7 Å². The van der Waals surface area contributed by atoms with Crippen molar-refractivity contribution in [2.75, 3.05) is 88.5 Å². The van der Waals surface area contributed by atoms with E-state index in [0.717, 1.165) is 33.2 Å². The van der Waals surface area contributed by atoms with Gasteiger partial charge in [-0.1, -0.05) is 23.7 Å². The van der Waals surface area contributed by atoms with Gasteiger partial charge in [0, 0.05) is 99.5 Å². The molecule has 2 amide bonds. The lowest BCUT2D eigenvalue weighted by atomic mass is 9.77. The molecule has 6 fully saturated rings. The van der Waals surface area contributed by atoms with Gasteiger partial charge in [0.15, 0.2) is 0 Å². The van der Waals surface area contributed by atoms with E-state index in [1.807, 2.05) is 21.9 Å². The van der Waals surface area contributed by atoms with E-state index < -0.39 is 71.9 Å². The Hall–Kier alpha value is -4.30. The van der Waals surface area contributed by atoms with Crippen LogP contribution in [-0.2, 0) is 33.5 Å². The van der Waals surface area contributed by atoms with E-state index in [-0.39, 0.29) is 70.2 Å². The fraction of sp³-hybridized carbons (Fsp3) is 0.708. The van der Waals surface area contributed by atoms with Crippen molar-refractivity contribution in [2.45, 2.75) is 125 Å². The van der Waals surface area contributed by atoms with Crippen LogP contribution < -0.4 is 9.80 Å². The van der Waals surface area contributed by atoms with Crippen LogP contribution in [0.4, 0.5) is 86.8 Å². The molecule has 2 unspecified atom stereocenters. The van der Waals surface area contributed by atoms with Gasteiger partial charge in [0.1, 0.15) is 0 Å². The Labute approximate surface area is 427 Å². The van der Waals surface area contributed by atoms with Crippen LogP contribution >= 0.6 is 11.6 Å². The minimum atomic E-state index is -5.90. The molecular weight excluding hydrogens is 1060 g/mol. The van der Waals surface area contributed by atoms with Gasteiger partial charge in [-0.2, -0.15) is 65.9 Å². The number of halogens is 16. The standard InChI is InChI=1S/C48H56ClF15N6O5/c49-35-7-5-32(37(24-35)65-19-21-73-22-20-65)28-70-29-33(25-43(70)11-17-67(18-12-43)41(72)75-39(47(59,60)61)48(62,63)64)30-3-1-13-68(26-30)36-23-34(44(50,51)52)6-4-31(36)27-69-14-2-8-42(69)9-15-66(16-10-42)40(71)74-38(45(53,54)55)46(56,57)58/h4-7,23-24,30,33,38-39H,1-3,8-22,25-29H2. The summed E-state index contributed by atoms with van der Waals surface area (Å²) in [6.45, 7) is 3.30. The Morgan fingerprint density at radius 1 is 0.573 bits per heavy atom. The number of ether oxygens (including phenoxy) is 3. The Balaban J connectivity index is 1.02. The summed E-state index contributed by atoms with van der Waals surface area (Å²) in [5.74, 6) is -0.230. The molecule has 0 aromatic heterocycles. The molecule has 75 heavy (non-hydrogen) atoms. The van der Waals surface area contributed by atoms with Crippen LogP contribution in [0.2, 0.25) is 5.02 Å². The van der Waals surface area contributed by atoms with Crippen molar-refractivity contribution in [2.24, 2.45) is 11.8 Å². The van der Waals surface area contributed by atoms with Crippen LogP contribution in [0.1, 0.15) is 74.5 Å². The highest BCUT2D eigenvalue weighted by Gasteiger charge is 2.62. The molecule has 420 valence electrons. The summed E-state index contributed by atoms with van der Waals surface area (Å²) in [7, 11) is 0. The number of carbonyl (C=O) groups is 2. The van der Waals surface area contributed by atoms with Gasteiger partial charge in [0.25, 0.3) is 12.2 Å². The van der Waals surface area contributed by atoms with Crippen LogP contribution in [0.15, 0.2) is 36.4 Å². The number of alkyl halides is 15. The van der Waals surface area contributed by atoms with Crippen LogP contribution in [0.5, 0.6) is 0 Å². The monoisotopic (exact) mass is 1120 g/mol. The molecule has 2 aromatic carbocycles. The number of anilines is 2. The second-order valence-electron chi connectivity index (χ2n) is 20.5. The first-order chi connectivity index (χ1) is 35.0. The first kappa shape index (κ1) is 56.9. The molecule has 8 rings (SSSR count). The first-order valence-electron chi connectivity index (χ1n) is 24.7. The van der Waals surface area contributed by atoms with Crippen molar-refractivity contribution in [3.63, 3.8) is 0 Å². The lowest BCUT2D eigenvalue weighted by Gasteiger charge is -2.45. The normalized spacial score (nSPS) is 23.5. The third-order valence-electron chi connectivity index (χ3n) is 16.0. The lowest BCUT2D eigenvalue weighted by Crippen LogP contribution is -2.54. The number of likely N-dealkylation sites (tertiary alicyclic amines) is 4. The second-order valence-corrected chi connectivity index (χ2v) is 21.0. The maximum atomic E-state index is 14.5. The third kappa shape index (κ3) is 12.8. The van der Waals surface area contributed by atoms with Gasteiger partial charge in [-0.15, -0.1) is 0 Å². The van der Waals surface area contributed by atoms with Crippen molar-refractivity contribution in [3.05, 3.63) is 58.1 Å². The van der Waals surface area contributed by atoms with Crippen molar-refractivity contribution >= 4 is 35.2 Å². The molecule has 6 aliphatic rings. The van der Waals surface area contributed by atoms with E-state index in [1.54, 1.807) is 6.07 Å². The van der Waals surface area contributed by atoms with E-state index in [4.69, 9.17) is 16.3 Å². The van der Waals surface area contributed by atoms with E-state index in [1.165, 1.54) is 6.07 Å². The first-order valence-corrected chi connectivity index (χ1v) is 25.1. The summed E-state index contributed by atoms with van der Waals surface area (Å²) < 4.78 is 217. The summed E-state index contributed by atoms with van der Waals surface area (Å²) in [6, 6.07) is 8.96. The predicted molar refractivity (Wildman–Crippen MR) is 241 cm³/mol. The molecule has 0 bridgehead atoms. The Morgan fingerprint density at radius 2 is 1.08 bits per heavy atom. The van der Waals surface area contributed by atoms with E-state index >= 15 is 0 Å². The van der Waals surface area contributed by atoms with Gasteiger partial charge >= 0.3 is 43.1 Å². The van der Waals surface area contributed by atoms with Crippen molar-refractivity contribution in [1.82, 2.24) is 19.6 Å². The summed E-state index contributed by atoms with van der Waals surface area (Å²) in [6.07, 6.45) is -36.9. The number of amides is 2. The Bertz CT molecular complexity index is 2300. The number of carbonyl (C=O) groups excluding carboxylic acids is 2. The smallest absolute Gasteiger partial charge is 0.426 e. The van der Waals surface area contributed by atoms with E-state index in [0.29, 0.717) is 107 Å². The van der Waals surface area contributed by atoms with Crippen LogP contribution in [0.25, 0.3) is 0 Å². The minimum Gasteiger partial charge on any atom is -0.426 e. The number of hydrogen-bond donors (Lipinski definition) is 0. The van der Waals surface area contributed by atoms with Crippen LogP contribution in [0.3, 0.4) is 0 Å². The molecule has 0 N–H and O–H groups in total. The van der Waals surface area contributed by atoms with Crippen LogP contribution in [-0.4, -0.2) is 158 Å². The number of hydrogen-bond acceptors (Lipinski definition) is 9. The summed E-state index contributed by atoms with van der Waals surface area (Å²) in [4.78, 5) is 35.5. The predicted octanol–water partition coefficient (Wildman–Crippen LogP) is 11.5. The third-order valence-corrected chi connectivity index (χ3v) is 16.3. The maximum absolute atomic E-state index is 14.5. The zero-order valence-corrected chi connectivity index (χ0v) is 41.1. The topological polar surface area (TPSA) is 81.3 Å². The highest BCUT2D eigenvalue weighted by molar-refractivity contribution is 6.30. The molecule has 6 saturated heterocycles. The summed E-state index contributed by atoms with van der Waals surface area (Å²) in [5.41, 5.74) is 0.333. The Kier molecular flexibility index (Phi) is 16.3. The van der Waals surface area contributed by atoms with Crippen molar-refractivity contribution in [1.29, 1.82) is 0 Å². The Morgan fingerprint density at radius 3 is 1.61 bits per heavy atom. The molecule has 6 heterocycles. The molecule has 0 radical (unpaired) electrons. The fourth-order valence-electron chi connectivity index (χ4n) is 12.2. The fourth-order valence-corrected chi connectivity index (χ4v) is 12.4. The van der Waals surface area contributed by atoms with Gasteiger partial charge in [0.2, 0.25) is 0 Å². The van der Waals surface area contributed by atoms with Crippen LogP contribution in [0, 0.1) is 11.8 Å². The van der Waals surface area contributed by atoms with E-state index in [2.05, 4.69) is 19.3 Å². The van der Waals surface area contributed by atoms with Gasteiger partial charge in [-0.05, 0) is 112 Å². The highest BCUT2D eigenvalue weighted by Crippen LogP contribution is 2.49. The molecule has 2 spiro atoms. The van der Waals surface area contributed by atoms with Gasteiger partial charge in [-0.25, -0.2) is 9.59 Å². The average molecular weight is 1120 g/mol. The summed E-state index contributed by atoms with van der Waals surface area (Å²) >= 11 is 6.50. The molecule has 0 saturated carbocycles. The highest BCUT2D eigenvalue weighted by atomic mass is 35.5. The van der Waals surface area contributed by atoms with E-state index in [9.17, 15) is 75.4 Å². The SMILES string of the molecule is O=C(OC(C(F)(F)F)C(F)(F)F)N1CCC2(CCCN2Cc2ccc(C(F)(F)F)cc2N2CCCC(C3CN(Cc4ccc(Cl)cc4N4CCOCC4)C4(CCN(C(=O)OC(C(F)(F)F)C(F)(F)F)CC4)C3)C2)CC1. The zero-order valence-electron chi connectivity index (χ0n) is 40.3. The molecule has 2 aromatic rings. The molecule has 11 nitrogen and oxygen atoms in total. The largest absolute Gasteiger partial charge is 0.434 e. The number of piperidine rings is 3. The minimum absolute atomic E-state index is 0.110. The zero-order chi connectivity index (χ0) is 54.5. The maximum Gasteiger partial charge on any atom is 0.434 e. The number of nitrogens with zero attached hydrogens (tertiary/aromatic N) is 6. The van der Waals surface area contributed by atoms with Gasteiger partial charge < -0.3 is 33.8 Å². The van der Waals surface area contributed by atoms with Crippen molar-refractivity contribution in [3.8, 4) is 0 Å². The number of rotatable bonds is 9. The molecular formula is C48H56ClF15N6O5. The summed E-state index contributed by atoms with van der Waals surface area (Å²) in [5, 5.41) is 0.481. The average Bonchev–Trinajstić information content (AvgIpc) is 3.88. The molecule has 6 aliphatic heterocycles. The molecule has 2 atom stereocenters.